The van der Waals surface area contributed by atoms with Crippen LogP contribution in [0.4, 0.5) is 0 Å². The maximum Gasteiger partial charge on any atom is 0.255 e. The van der Waals surface area contributed by atoms with Crippen LogP contribution in [-0.4, -0.2) is 54.5 Å². The topological polar surface area (TPSA) is 78.9 Å². The van der Waals surface area contributed by atoms with Gasteiger partial charge >= 0.3 is 0 Å². The van der Waals surface area contributed by atoms with Gasteiger partial charge in [-0.25, -0.2) is 0 Å². The Labute approximate surface area is 254 Å². The standard InChI is InChI=1S/C37H42N2O4/c1-23-19-27(10-14-33(23)43-2)26-7-5-24(6-8-26)15-17-38-36(42)30-12-9-28-20-32-31-13-11-29(40)21-37(31,34(28)35(30)41)16-18-39(32)22-25-3-4-25/h5-10,12,14,19,25,31-32,41H,3-4,11,13,15-18,20-22H2,1-2H3,(H,38,42)/t31-,32+,37-/m0/s1. The summed E-state index contributed by atoms with van der Waals surface area (Å²) in [5.41, 5.74) is 6.51. The lowest BCUT2D eigenvalue weighted by Crippen LogP contribution is -2.62. The Balaban J connectivity index is 1.06. The van der Waals surface area contributed by atoms with Crippen LogP contribution in [0.15, 0.2) is 54.6 Å². The first-order valence-electron chi connectivity index (χ1n) is 16.0. The quantitative estimate of drug-likeness (QED) is 0.343. The number of ether oxygens (including phenoxy) is 1. The zero-order valence-corrected chi connectivity index (χ0v) is 25.3. The van der Waals surface area contributed by atoms with Crippen molar-refractivity contribution in [2.24, 2.45) is 11.8 Å². The first-order valence-corrected chi connectivity index (χ1v) is 16.0. The van der Waals surface area contributed by atoms with Crippen molar-refractivity contribution in [2.75, 3.05) is 26.7 Å². The number of carbonyl (C=O) groups is 2. The molecule has 6 nitrogen and oxygen atoms in total. The van der Waals surface area contributed by atoms with E-state index in [0.29, 0.717) is 49.1 Å². The summed E-state index contributed by atoms with van der Waals surface area (Å²) in [5.74, 6) is 2.21. The maximum absolute atomic E-state index is 13.4. The second-order valence-corrected chi connectivity index (χ2v) is 13.4. The molecule has 3 aromatic rings. The molecule has 0 radical (unpaired) electrons. The first-order chi connectivity index (χ1) is 20.9. The van der Waals surface area contributed by atoms with Gasteiger partial charge in [-0.3, -0.25) is 14.5 Å². The number of carbonyl (C=O) groups excluding carboxylic acids is 2. The molecule has 2 N–H and O–H groups in total. The average molecular weight is 579 g/mol. The zero-order valence-electron chi connectivity index (χ0n) is 25.3. The molecule has 2 bridgehead atoms. The third-order valence-corrected chi connectivity index (χ3v) is 10.7. The van der Waals surface area contributed by atoms with Gasteiger partial charge in [0.2, 0.25) is 0 Å². The van der Waals surface area contributed by atoms with E-state index in [0.717, 1.165) is 77.4 Å². The van der Waals surface area contributed by atoms with Crippen LogP contribution in [0.1, 0.15) is 71.1 Å². The summed E-state index contributed by atoms with van der Waals surface area (Å²) < 4.78 is 5.38. The smallest absolute Gasteiger partial charge is 0.255 e. The molecule has 7 rings (SSSR count). The van der Waals surface area contributed by atoms with Gasteiger partial charge in [-0.2, -0.15) is 0 Å². The Bertz CT molecular complexity index is 1560. The highest BCUT2D eigenvalue weighted by molar-refractivity contribution is 5.98. The molecule has 6 heteroatoms. The highest BCUT2D eigenvalue weighted by Crippen LogP contribution is 2.58. The number of nitrogens with zero attached hydrogens (tertiary/aromatic N) is 1. The number of Topliss-reactive ketones (excluding diaryl/α,β-unsaturated/α-hetero) is 1. The van der Waals surface area contributed by atoms with E-state index in [1.54, 1.807) is 13.2 Å². The maximum atomic E-state index is 13.4. The van der Waals surface area contributed by atoms with Gasteiger partial charge in [-0.15, -0.1) is 0 Å². The minimum absolute atomic E-state index is 0.0999. The van der Waals surface area contributed by atoms with Gasteiger partial charge in [0.05, 0.1) is 12.7 Å². The van der Waals surface area contributed by atoms with Crippen molar-refractivity contribution in [3.63, 3.8) is 0 Å². The van der Waals surface area contributed by atoms with Crippen molar-refractivity contribution < 1.29 is 19.4 Å². The lowest BCUT2D eigenvalue weighted by Gasteiger charge is -2.58. The predicted molar refractivity (Wildman–Crippen MR) is 168 cm³/mol. The lowest BCUT2D eigenvalue weighted by atomic mass is 9.51. The molecule has 1 saturated heterocycles. The van der Waals surface area contributed by atoms with Gasteiger partial charge < -0.3 is 15.2 Å². The number of phenolic OH excluding ortho intramolecular Hbond substituents is 1. The Morgan fingerprint density at radius 3 is 2.60 bits per heavy atom. The number of hydrogen-bond donors (Lipinski definition) is 2. The number of aryl methyl sites for hydroxylation is 1. The largest absolute Gasteiger partial charge is 0.507 e. The number of aromatic hydroxyl groups is 1. The Morgan fingerprint density at radius 2 is 1.86 bits per heavy atom. The first kappa shape index (κ1) is 28.1. The molecule has 224 valence electrons. The van der Waals surface area contributed by atoms with Crippen LogP contribution < -0.4 is 10.1 Å². The molecular weight excluding hydrogens is 536 g/mol. The van der Waals surface area contributed by atoms with Crippen molar-refractivity contribution in [2.45, 2.75) is 69.7 Å². The molecule has 4 aliphatic rings. The van der Waals surface area contributed by atoms with E-state index in [4.69, 9.17) is 4.74 Å². The zero-order chi connectivity index (χ0) is 29.7. The van der Waals surface area contributed by atoms with E-state index in [1.165, 1.54) is 12.8 Å². The fraction of sp³-hybridized carbons (Fsp3) is 0.459. The normalized spacial score (nSPS) is 24.7. The van der Waals surface area contributed by atoms with Gasteiger partial charge in [0, 0.05) is 43.0 Å². The summed E-state index contributed by atoms with van der Waals surface area (Å²) >= 11 is 0. The molecule has 0 unspecified atom stereocenters. The highest BCUT2D eigenvalue weighted by Gasteiger charge is 2.57. The number of phenols is 1. The van der Waals surface area contributed by atoms with Crippen molar-refractivity contribution in [1.82, 2.24) is 10.2 Å². The fourth-order valence-electron chi connectivity index (χ4n) is 8.40. The second kappa shape index (κ2) is 11.1. The third kappa shape index (κ3) is 5.14. The summed E-state index contributed by atoms with van der Waals surface area (Å²) in [7, 11) is 1.68. The van der Waals surface area contributed by atoms with Gasteiger partial charge in [0.25, 0.3) is 5.91 Å². The number of methoxy groups -OCH3 is 1. The van der Waals surface area contributed by atoms with E-state index in [2.05, 4.69) is 46.6 Å². The summed E-state index contributed by atoms with van der Waals surface area (Å²) in [6, 6.07) is 18.9. The van der Waals surface area contributed by atoms with E-state index in [1.807, 2.05) is 19.1 Å². The van der Waals surface area contributed by atoms with Crippen LogP contribution in [0.5, 0.6) is 11.5 Å². The number of amides is 1. The van der Waals surface area contributed by atoms with Crippen molar-refractivity contribution >= 4 is 11.7 Å². The SMILES string of the molecule is COc1ccc(-c2ccc(CCNC(=O)c3ccc4c(c3O)[C@]35CCN(CC6CC6)[C@H](C4)[C@@H]3CCC(=O)C5)cc2)cc1C. The summed E-state index contributed by atoms with van der Waals surface area (Å²) in [5, 5.41) is 14.7. The van der Waals surface area contributed by atoms with Crippen LogP contribution in [-0.2, 0) is 23.1 Å². The molecule has 3 fully saturated rings. The number of likely N-dealkylation sites (tertiary alicyclic amines) is 1. The number of piperidine rings is 1. The molecule has 3 aromatic carbocycles. The summed E-state index contributed by atoms with van der Waals surface area (Å²) in [6.07, 6.45) is 7.15. The molecule has 1 heterocycles. The van der Waals surface area contributed by atoms with Crippen LogP contribution in [0.3, 0.4) is 0 Å². The minimum Gasteiger partial charge on any atom is -0.507 e. The van der Waals surface area contributed by atoms with E-state index >= 15 is 0 Å². The summed E-state index contributed by atoms with van der Waals surface area (Å²) in [6.45, 7) is 4.65. The van der Waals surface area contributed by atoms with E-state index in [-0.39, 0.29) is 17.1 Å². The molecule has 1 aliphatic heterocycles. The van der Waals surface area contributed by atoms with Crippen molar-refractivity contribution in [3.8, 4) is 22.6 Å². The molecule has 3 atom stereocenters. The molecule has 0 spiro atoms. The van der Waals surface area contributed by atoms with Crippen molar-refractivity contribution in [1.29, 1.82) is 0 Å². The summed E-state index contributed by atoms with van der Waals surface area (Å²) in [4.78, 5) is 28.9. The number of rotatable bonds is 8. The van der Waals surface area contributed by atoms with E-state index in [9.17, 15) is 14.7 Å². The van der Waals surface area contributed by atoms with Gasteiger partial charge in [-0.1, -0.05) is 36.4 Å². The highest BCUT2D eigenvalue weighted by atomic mass is 16.5. The molecule has 1 amide bonds. The predicted octanol–water partition coefficient (Wildman–Crippen LogP) is 6.00. The number of fused-ring (bicyclic) bond motifs is 1. The molecule has 43 heavy (non-hydrogen) atoms. The van der Waals surface area contributed by atoms with Gasteiger partial charge in [-0.05, 0) is 110 Å². The number of benzene rings is 3. The lowest BCUT2D eigenvalue weighted by molar-refractivity contribution is -0.127. The molecule has 0 aromatic heterocycles. The molecule has 2 saturated carbocycles. The Morgan fingerprint density at radius 1 is 1.07 bits per heavy atom. The average Bonchev–Trinajstić information content (AvgIpc) is 3.82. The van der Waals surface area contributed by atoms with Crippen LogP contribution in [0.2, 0.25) is 0 Å². The van der Waals surface area contributed by atoms with Crippen molar-refractivity contribution in [3.05, 3.63) is 82.4 Å². The Hall–Kier alpha value is -3.64. The number of hydrogen-bond acceptors (Lipinski definition) is 5. The minimum atomic E-state index is -0.349. The van der Waals surface area contributed by atoms with E-state index < -0.39 is 0 Å². The number of ketones is 1. The van der Waals surface area contributed by atoms with Crippen LogP contribution in [0, 0.1) is 18.8 Å². The van der Waals surface area contributed by atoms with Crippen LogP contribution >= 0.6 is 0 Å². The van der Waals surface area contributed by atoms with Gasteiger partial charge in [0.1, 0.15) is 17.3 Å². The second-order valence-electron chi connectivity index (χ2n) is 13.4. The fourth-order valence-corrected chi connectivity index (χ4v) is 8.40. The number of nitrogens with one attached hydrogen (secondary N) is 1. The molecular formula is C37H42N2O4. The monoisotopic (exact) mass is 578 g/mol. The van der Waals surface area contributed by atoms with Gasteiger partial charge in [0.15, 0.2) is 0 Å². The van der Waals surface area contributed by atoms with Crippen LogP contribution in [0.25, 0.3) is 11.1 Å². The molecule has 3 aliphatic carbocycles. The Kier molecular flexibility index (Phi) is 7.29. The third-order valence-electron chi connectivity index (χ3n) is 10.7.